The summed E-state index contributed by atoms with van der Waals surface area (Å²) in [5.74, 6) is 1.15. The summed E-state index contributed by atoms with van der Waals surface area (Å²) >= 11 is 0. The zero-order valence-electron chi connectivity index (χ0n) is 14.7. The lowest BCUT2D eigenvalue weighted by atomic mass is 9.87. The molecule has 0 radical (unpaired) electrons. The van der Waals surface area contributed by atoms with Crippen LogP contribution in [0.25, 0.3) is 0 Å². The number of carbonyl (C=O) groups excluding carboxylic acids is 2. The normalized spacial score (nSPS) is 11.6. The van der Waals surface area contributed by atoms with E-state index in [4.69, 9.17) is 17.7 Å². The van der Waals surface area contributed by atoms with E-state index in [1.807, 2.05) is 13.8 Å². The van der Waals surface area contributed by atoms with Crippen LogP contribution in [0.2, 0.25) is 0 Å². The van der Waals surface area contributed by atoms with Crippen LogP contribution < -0.4 is 0 Å². The maximum atomic E-state index is 12.3. The summed E-state index contributed by atoms with van der Waals surface area (Å²) in [5, 5.41) is 0. The SMILES string of the molecule is CC(C)(c1ccc(C(=O)c2ccco2)o1)c1ccc(C(=O)c2ccco2)o1. The van der Waals surface area contributed by atoms with E-state index in [0.29, 0.717) is 11.5 Å². The van der Waals surface area contributed by atoms with Crippen LogP contribution in [0.1, 0.15) is 58.0 Å². The third-order valence-electron chi connectivity index (χ3n) is 4.38. The largest absolute Gasteiger partial charge is 0.461 e. The number of rotatable bonds is 6. The predicted octanol–water partition coefficient (Wildman–Crippen LogP) is 4.85. The molecule has 4 aromatic heterocycles. The molecule has 4 rings (SSSR count). The van der Waals surface area contributed by atoms with E-state index in [0.717, 1.165) is 0 Å². The van der Waals surface area contributed by atoms with Gasteiger partial charge in [-0.15, -0.1) is 0 Å². The lowest BCUT2D eigenvalue weighted by Crippen LogP contribution is -2.17. The first-order valence-electron chi connectivity index (χ1n) is 8.34. The fraction of sp³-hybridized carbons (Fsp3) is 0.143. The van der Waals surface area contributed by atoms with Crippen molar-refractivity contribution in [2.45, 2.75) is 19.3 Å². The van der Waals surface area contributed by atoms with Crippen LogP contribution in [0.5, 0.6) is 0 Å². The second-order valence-corrected chi connectivity index (χ2v) is 6.57. The second kappa shape index (κ2) is 6.32. The number of furan rings is 4. The molecule has 0 bridgehead atoms. The van der Waals surface area contributed by atoms with E-state index >= 15 is 0 Å². The van der Waals surface area contributed by atoms with Crippen LogP contribution in [0.3, 0.4) is 0 Å². The highest BCUT2D eigenvalue weighted by Gasteiger charge is 2.32. The highest BCUT2D eigenvalue weighted by molar-refractivity contribution is 6.05. The van der Waals surface area contributed by atoms with Crippen molar-refractivity contribution in [3.63, 3.8) is 0 Å². The highest BCUT2D eigenvalue weighted by Crippen LogP contribution is 2.34. The molecule has 0 saturated heterocycles. The molecular weight excluding hydrogens is 348 g/mol. The quantitative estimate of drug-likeness (QED) is 0.455. The van der Waals surface area contributed by atoms with E-state index in [-0.39, 0.29) is 34.6 Å². The molecule has 4 heterocycles. The summed E-state index contributed by atoms with van der Waals surface area (Å²) in [6.45, 7) is 3.76. The van der Waals surface area contributed by atoms with E-state index in [1.165, 1.54) is 12.5 Å². The topological polar surface area (TPSA) is 86.7 Å². The van der Waals surface area contributed by atoms with Gasteiger partial charge in [0.1, 0.15) is 11.5 Å². The van der Waals surface area contributed by atoms with Crippen molar-refractivity contribution >= 4 is 11.6 Å². The zero-order valence-corrected chi connectivity index (χ0v) is 14.7. The number of hydrogen-bond donors (Lipinski definition) is 0. The minimum atomic E-state index is -0.691. The molecule has 0 aromatic carbocycles. The molecule has 136 valence electrons. The Bertz CT molecular complexity index is 987. The van der Waals surface area contributed by atoms with Crippen LogP contribution in [0, 0.1) is 0 Å². The zero-order chi connectivity index (χ0) is 19.0. The van der Waals surface area contributed by atoms with Gasteiger partial charge in [-0.25, -0.2) is 0 Å². The van der Waals surface area contributed by atoms with Crippen LogP contribution >= 0.6 is 0 Å². The Morgan fingerprint density at radius 3 is 1.48 bits per heavy atom. The van der Waals surface area contributed by atoms with E-state index in [2.05, 4.69) is 0 Å². The molecule has 0 amide bonds. The van der Waals surface area contributed by atoms with Crippen LogP contribution in [-0.2, 0) is 5.41 Å². The summed E-state index contributed by atoms with van der Waals surface area (Å²) in [6.07, 6.45) is 2.86. The molecule has 0 unspecified atom stereocenters. The first-order chi connectivity index (χ1) is 13.0. The van der Waals surface area contributed by atoms with Crippen molar-refractivity contribution < 1.29 is 27.3 Å². The molecule has 0 aliphatic carbocycles. The smallest absolute Gasteiger partial charge is 0.263 e. The van der Waals surface area contributed by atoms with Crippen LogP contribution in [-0.4, -0.2) is 11.6 Å². The summed E-state index contributed by atoms with van der Waals surface area (Å²) in [7, 11) is 0. The van der Waals surface area contributed by atoms with Crippen molar-refractivity contribution in [2.75, 3.05) is 0 Å². The van der Waals surface area contributed by atoms with E-state index < -0.39 is 5.41 Å². The van der Waals surface area contributed by atoms with Gasteiger partial charge in [-0.05, 0) is 62.4 Å². The Morgan fingerprint density at radius 1 is 0.667 bits per heavy atom. The van der Waals surface area contributed by atoms with E-state index in [1.54, 1.807) is 48.5 Å². The van der Waals surface area contributed by atoms with Gasteiger partial charge in [0.2, 0.25) is 0 Å². The molecule has 6 heteroatoms. The molecule has 6 nitrogen and oxygen atoms in total. The second-order valence-electron chi connectivity index (χ2n) is 6.57. The van der Waals surface area contributed by atoms with Gasteiger partial charge < -0.3 is 17.7 Å². The Kier molecular flexibility index (Phi) is 3.96. The lowest BCUT2D eigenvalue weighted by Gasteiger charge is -2.19. The maximum Gasteiger partial charge on any atom is 0.263 e. The Balaban J connectivity index is 1.61. The summed E-state index contributed by atoms with van der Waals surface area (Å²) in [6, 6.07) is 13.1. The predicted molar refractivity (Wildman–Crippen MR) is 93.8 cm³/mol. The first kappa shape index (κ1) is 16.9. The molecule has 27 heavy (non-hydrogen) atoms. The number of ketones is 2. The Hall–Kier alpha value is -3.54. The Morgan fingerprint density at radius 2 is 1.11 bits per heavy atom. The monoisotopic (exact) mass is 364 g/mol. The molecular formula is C21H16O6. The molecule has 0 spiro atoms. The number of carbonyl (C=O) groups is 2. The van der Waals surface area contributed by atoms with Crippen molar-refractivity contribution in [3.05, 3.63) is 95.6 Å². The molecule has 0 aliphatic heterocycles. The van der Waals surface area contributed by atoms with Crippen molar-refractivity contribution in [2.24, 2.45) is 0 Å². The summed E-state index contributed by atoms with van der Waals surface area (Å²) < 4.78 is 21.8. The maximum absolute atomic E-state index is 12.3. The molecule has 0 aliphatic rings. The Labute approximate surface area is 154 Å². The fourth-order valence-corrected chi connectivity index (χ4v) is 2.77. The summed E-state index contributed by atoms with van der Waals surface area (Å²) in [4.78, 5) is 24.7. The molecule has 4 aromatic rings. The van der Waals surface area contributed by atoms with Crippen LogP contribution in [0.15, 0.2) is 78.7 Å². The lowest BCUT2D eigenvalue weighted by molar-refractivity contribution is 0.0977. The van der Waals surface area contributed by atoms with Gasteiger partial charge in [0.05, 0.1) is 17.9 Å². The van der Waals surface area contributed by atoms with Gasteiger partial charge in [-0.2, -0.15) is 0 Å². The number of hydrogen-bond acceptors (Lipinski definition) is 6. The minimum Gasteiger partial charge on any atom is -0.461 e. The molecule has 0 fully saturated rings. The van der Waals surface area contributed by atoms with Crippen molar-refractivity contribution in [1.82, 2.24) is 0 Å². The van der Waals surface area contributed by atoms with Crippen molar-refractivity contribution in [3.8, 4) is 0 Å². The summed E-state index contributed by atoms with van der Waals surface area (Å²) in [5.41, 5.74) is -0.691. The van der Waals surface area contributed by atoms with Gasteiger partial charge in [0.25, 0.3) is 11.6 Å². The van der Waals surface area contributed by atoms with E-state index in [9.17, 15) is 9.59 Å². The minimum absolute atomic E-state index is 0.173. The first-order valence-corrected chi connectivity index (χ1v) is 8.34. The van der Waals surface area contributed by atoms with Gasteiger partial charge in [0, 0.05) is 0 Å². The molecule has 0 saturated carbocycles. The molecule has 0 N–H and O–H groups in total. The third-order valence-corrected chi connectivity index (χ3v) is 4.38. The van der Waals surface area contributed by atoms with Gasteiger partial charge >= 0.3 is 0 Å². The molecule has 0 atom stereocenters. The fourth-order valence-electron chi connectivity index (χ4n) is 2.77. The van der Waals surface area contributed by atoms with Gasteiger partial charge in [0.15, 0.2) is 23.0 Å². The highest BCUT2D eigenvalue weighted by atomic mass is 16.4. The van der Waals surface area contributed by atoms with Crippen LogP contribution in [0.4, 0.5) is 0 Å². The average Bonchev–Trinajstić information content (AvgIpc) is 3.47. The van der Waals surface area contributed by atoms with Gasteiger partial charge in [-0.3, -0.25) is 9.59 Å². The average molecular weight is 364 g/mol. The third kappa shape index (κ3) is 2.95. The van der Waals surface area contributed by atoms with Gasteiger partial charge in [-0.1, -0.05) is 0 Å². The standard InChI is InChI=1S/C21H16O6/c1-21(2,17-9-7-15(26-17)19(22)13-5-3-11-24-13)18-10-8-16(27-18)20(23)14-6-4-12-25-14/h3-12H,1-2H3. The van der Waals surface area contributed by atoms with Crippen molar-refractivity contribution in [1.29, 1.82) is 0 Å².